The van der Waals surface area contributed by atoms with Crippen LogP contribution in [0.2, 0.25) is 0 Å². The van der Waals surface area contributed by atoms with Crippen molar-refractivity contribution in [1.82, 2.24) is 5.32 Å². The molecule has 1 heterocycles. The third-order valence-corrected chi connectivity index (χ3v) is 5.03. The maximum absolute atomic E-state index is 12.5. The van der Waals surface area contributed by atoms with E-state index >= 15 is 0 Å². The van der Waals surface area contributed by atoms with E-state index in [4.69, 9.17) is 4.74 Å². The van der Waals surface area contributed by atoms with Crippen LogP contribution in [0.5, 0.6) is 0 Å². The average molecular weight is 281 g/mol. The molecule has 1 aliphatic heterocycles. The van der Waals surface area contributed by atoms with E-state index < -0.39 is 10.8 Å². The second-order valence-corrected chi connectivity index (χ2v) is 6.61. The summed E-state index contributed by atoms with van der Waals surface area (Å²) < 4.78 is 17.9. The SMILES string of the molecule is CCNC(CS(=O)c1cccc(C)c1)C1CCOC1. The molecule has 0 amide bonds. The molecule has 1 aliphatic rings. The van der Waals surface area contributed by atoms with E-state index in [1.54, 1.807) is 0 Å². The second-order valence-electron chi connectivity index (χ2n) is 5.12. The van der Waals surface area contributed by atoms with Gasteiger partial charge in [-0.25, -0.2) is 0 Å². The van der Waals surface area contributed by atoms with E-state index in [1.165, 1.54) is 0 Å². The van der Waals surface area contributed by atoms with Crippen molar-refractivity contribution in [2.75, 3.05) is 25.5 Å². The second kappa shape index (κ2) is 7.17. The van der Waals surface area contributed by atoms with Gasteiger partial charge in [-0.05, 0) is 37.6 Å². The van der Waals surface area contributed by atoms with Crippen LogP contribution < -0.4 is 5.32 Å². The van der Waals surface area contributed by atoms with Gasteiger partial charge in [0.2, 0.25) is 0 Å². The van der Waals surface area contributed by atoms with Crippen LogP contribution in [0.25, 0.3) is 0 Å². The van der Waals surface area contributed by atoms with Gasteiger partial charge in [0.05, 0.1) is 17.4 Å². The minimum absolute atomic E-state index is 0.286. The zero-order chi connectivity index (χ0) is 13.7. The molecule has 0 aromatic heterocycles. The van der Waals surface area contributed by atoms with E-state index in [0.717, 1.165) is 36.6 Å². The van der Waals surface area contributed by atoms with Gasteiger partial charge >= 0.3 is 0 Å². The fourth-order valence-electron chi connectivity index (χ4n) is 2.51. The van der Waals surface area contributed by atoms with Crippen molar-refractivity contribution in [3.05, 3.63) is 29.8 Å². The zero-order valence-electron chi connectivity index (χ0n) is 11.7. The normalized spacial score (nSPS) is 22.3. The number of benzene rings is 1. The molecule has 106 valence electrons. The fourth-order valence-corrected chi connectivity index (χ4v) is 3.97. The first kappa shape index (κ1) is 14.7. The van der Waals surface area contributed by atoms with Crippen LogP contribution >= 0.6 is 0 Å². The van der Waals surface area contributed by atoms with Gasteiger partial charge in [-0.15, -0.1) is 0 Å². The summed E-state index contributed by atoms with van der Waals surface area (Å²) in [6.45, 7) is 6.67. The lowest BCUT2D eigenvalue weighted by molar-refractivity contribution is 0.179. The predicted octanol–water partition coefficient (Wildman–Crippen LogP) is 2.12. The summed E-state index contributed by atoms with van der Waals surface area (Å²) in [6.07, 6.45) is 1.07. The molecule has 0 aliphatic carbocycles. The van der Waals surface area contributed by atoms with Crippen LogP contribution in [0.1, 0.15) is 18.9 Å². The molecule has 19 heavy (non-hydrogen) atoms. The van der Waals surface area contributed by atoms with Crippen molar-refractivity contribution in [2.45, 2.75) is 31.2 Å². The summed E-state index contributed by atoms with van der Waals surface area (Å²) in [5.74, 6) is 1.17. The van der Waals surface area contributed by atoms with Crippen molar-refractivity contribution >= 4 is 10.8 Å². The highest BCUT2D eigenvalue weighted by atomic mass is 32.2. The van der Waals surface area contributed by atoms with Gasteiger partial charge in [0.15, 0.2) is 0 Å². The van der Waals surface area contributed by atoms with Crippen molar-refractivity contribution < 1.29 is 8.95 Å². The van der Waals surface area contributed by atoms with Crippen LogP contribution in [-0.4, -0.2) is 35.8 Å². The lowest BCUT2D eigenvalue weighted by atomic mass is 10.0. The van der Waals surface area contributed by atoms with Crippen LogP contribution in [0.15, 0.2) is 29.2 Å². The smallest absolute Gasteiger partial charge is 0.0545 e. The molecule has 3 atom stereocenters. The average Bonchev–Trinajstić information content (AvgIpc) is 2.92. The number of aryl methyl sites for hydroxylation is 1. The Kier molecular flexibility index (Phi) is 5.55. The Balaban J connectivity index is 2.01. The standard InChI is InChI=1S/C15H23NO2S/c1-3-16-15(13-7-8-18-10-13)11-19(17)14-6-4-5-12(2)9-14/h4-6,9,13,15-16H,3,7-8,10-11H2,1-2H3. The van der Waals surface area contributed by atoms with E-state index in [1.807, 2.05) is 31.2 Å². The van der Waals surface area contributed by atoms with E-state index in [9.17, 15) is 4.21 Å². The van der Waals surface area contributed by atoms with Crippen molar-refractivity contribution in [1.29, 1.82) is 0 Å². The van der Waals surface area contributed by atoms with Crippen LogP contribution in [0, 0.1) is 12.8 Å². The Bertz CT molecular complexity index is 430. The summed E-state index contributed by atoms with van der Waals surface area (Å²) >= 11 is 0. The summed E-state index contributed by atoms with van der Waals surface area (Å²) in [4.78, 5) is 0.932. The van der Waals surface area contributed by atoms with Gasteiger partial charge in [0, 0.05) is 29.2 Å². The van der Waals surface area contributed by atoms with Crippen LogP contribution in [0.4, 0.5) is 0 Å². The highest BCUT2D eigenvalue weighted by Gasteiger charge is 2.26. The van der Waals surface area contributed by atoms with Crippen molar-refractivity contribution in [3.63, 3.8) is 0 Å². The minimum Gasteiger partial charge on any atom is -0.381 e. The Hall–Kier alpha value is -0.710. The number of rotatable bonds is 6. The Morgan fingerprint density at radius 2 is 2.37 bits per heavy atom. The third kappa shape index (κ3) is 4.13. The van der Waals surface area contributed by atoms with Gasteiger partial charge in [0.1, 0.15) is 0 Å². The molecule has 1 saturated heterocycles. The first-order valence-electron chi connectivity index (χ1n) is 6.97. The number of hydrogen-bond acceptors (Lipinski definition) is 3. The van der Waals surface area contributed by atoms with Crippen molar-refractivity contribution in [2.24, 2.45) is 5.92 Å². The highest BCUT2D eigenvalue weighted by Crippen LogP contribution is 2.19. The van der Waals surface area contributed by atoms with Gasteiger partial charge in [0.25, 0.3) is 0 Å². The molecular weight excluding hydrogens is 258 g/mol. The van der Waals surface area contributed by atoms with Crippen LogP contribution in [-0.2, 0) is 15.5 Å². The number of nitrogens with one attached hydrogen (secondary N) is 1. The predicted molar refractivity (Wildman–Crippen MR) is 78.8 cm³/mol. The molecule has 3 nitrogen and oxygen atoms in total. The first-order valence-corrected chi connectivity index (χ1v) is 8.28. The van der Waals surface area contributed by atoms with E-state index in [2.05, 4.69) is 12.2 Å². The molecule has 1 fully saturated rings. The molecule has 0 spiro atoms. The van der Waals surface area contributed by atoms with E-state index in [0.29, 0.717) is 11.7 Å². The molecular formula is C15H23NO2S. The van der Waals surface area contributed by atoms with Gasteiger partial charge < -0.3 is 10.1 Å². The summed E-state index contributed by atoms with van der Waals surface area (Å²) in [5.41, 5.74) is 1.16. The monoisotopic (exact) mass is 281 g/mol. The minimum atomic E-state index is -0.939. The molecule has 0 saturated carbocycles. The maximum atomic E-state index is 12.5. The lowest BCUT2D eigenvalue weighted by Gasteiger charge is -2.22. The lowest BCUT2D eigenvalue weighted by Crippen LogP contribution is -2.40. The quantitative estimate of drug-likeness (QED) is 0.868. The summed E-state index contributed by atoms with van der Waals surface area (Å²) in [5, 5.41) is 3.47. The molecule has 1 aromatic rings. The zero-order valence-corrected chi connectivity index (χ0v) is 12.5. The molecule has 4 heteroatoms. The Morgan fingerprint density at radius 1 is 1.53 bits per heavy atom. The fraction of sp³-hybridized carbons (Fsp3) is 0.600. The van der Waals surface area contributed by atoms with Crippen molar-refractivity contribution in [3.8, 4) is 0 Å². The Morgan fingerprint density at radius 3 is 3.00 bits per heavy atom. The molecule has 1 aromatic carbocycles. The van der Waals surface area contributed by atoms with Gasteiger partial charge in [-0.2, -0.15) is 0 Å². The summed E-state index contributed by atoms with van der Waals surface area (Å²) in [6, 6.07) is 8.27. The first-order chi connectivity index (χ1) is 9.20. The van der Waals surface area contributed by atoms with Crippen LogP contribution in [0.3, 0.4) is 0 Å². The van der Waals surface area contributed by atoms with Gasteiger partial charge in [-0.1, -0.05) is 19.1 Å². The summed E-state index contributed by atoms with van der Waals surface area (Å²) in [7, 11) is -0.939. The molecule has 1 N–H and O–H groups in total. The third-order valence-electron chi connectivity index (χ3n) is 3.58. The molecule has 0 radical (unpaired) electrons. The Labute approximate surface area is 118 Å². The molecule has 3 unspecified atom stereocenters. The number of hydrogen-bond donors (Lipinski definition) is 1. The van der Waals surface area contributed by atoms with Gasteiger partial charge in [-0.3, -0.25) is 4.21 Å². The molecule has 0 bridgehead atoms. The van der Waals surface area contributed by atoms with E-state index in [-0.39, 0.29) is 6.04 Å². The molecule has 2 rings (SSSR count). The largest absolute Gasteiger partial charge is 0.381 e. The number of ether oxygens (including phenoxy) is 1. The maximum Gasteiger partial charge on any atom is 0.0545 e. The topological polar surface area (TPSA) is 38.3 Å². The highest BCUT2D eigenvalue weighted by molar-refractivity contribution is 7.85.